The molecule has 2 N–H and O–H groups in total. The van der Waals surface area contributed by atoms with Gasteiger partial charge in [-0.25, -0.2) is 0 Å². The van der Waals surface area contributed by atoms with E-state index in [9.17, 15) is 14.7 Å². The van der Waals surface area contributed by atoms with E-state index in [4.69, 9.17) is 9.84 Å². The SMILES string of the molecule is CC(O)C1CC(=O)OC1(C)CCC(=O)O. The second-order valence-corrected chi connectivity index (χ2v) is 4.23. The molecule has 1 aliphatic rings. The molecule has 0 amide bonds. The van der Waals surface area contributed by atoms with Crippen molar-refractivity contribution >= 4 is 11.9 Å². The summed E-state index contributed by atoms with van der Waals surface area (Å²) in [5.41, 5.74) is -0.844. The third kappa shape index (κ3) is 2.68. The number of aliphatic carboxylic acids is 1. The van der Waals surface area contributed by atoms with Crippen LogP contribution in [0.4, 0.5) is 0 Å². The summed E-state index contributed by atoms with van der Waals surface area (Å²) in [5.74, 6) is -1.61. The lowest BCUT2D eigenvalue weighted by molar-refractivity contribution is -0.152. The van der Waals surface area contributed by atoms with Crippen LogP contribution < -0.4 is 0 Å². The molecule has 0 spiro atoms. The summed E-state index contributed by atoms with van der Waals surface area (Å²) in [7, 11) is 0. The van der Waals surface area contributed by atoms with Crippen LogP contribution in [0, 0.1) is 5.92 Å². The molecule has 3 unspecified atom stereocenters. The molecule has 1 aliphatic heterocycles. The number of hydrogen-bond donors (Lipinski definition) is 2. The largest absolute Gasteiger partial charge is 0.481 e. The van der Waals surface area contributed by atoms with E-state index in [1.165, 1.54) is 0 Å². The zero-order chi connectivity index (χ0) is 11.6. The molecule has 1 heterocycles. The van der Waals surface area contributed by atoms with Crippen molar-refractivity contribution in [3.8, 4) is 0 Å². The van der Waals surface area contributed by atoms with E-state index >= 15 is 0 Å². The molecule has 0 aliphatic carbocycles. The number of carbonyl (C=O) groups is 2. The van der Waals surface area contributed by atoms with E-state index in [-0.39, 0.29) is 31.1 Å². The third-order valence-electron chi connectivity index (χ3n) is 2.94. The molecule has 5 nitrogen and oxygen atoms in total. The predicted molar refractivity (Wildman–Crippen MR) is 51.2 cm³/mol. The van der Waals surface area contributed by atoms with E-state index in [2.05, 4.69) is 0 Å². The molecule has 1 fully saturated rings. The van der Waals surface area contributed by atoms with Crippen molar-refractivity contribution in [3.63, 3.8) is 0 Å². The van der Waals surface area contributed by atoms with Crippen LogP contribution in [0.2, 0.25) is 0 Å². The maximum Gasteiger partial charge on any atom is 0.306 e. The average molecular weight is 216 g/mol. The first-order valence-corrected chi connectivity index (χ1v) is 4.97. The summed E-state index contributed by atoms with van der Waals surface area (Å²) in [6.07, 6.45) is -0.333. The highest BCUT2D eigenvalue weighted by molar-refractivity contribution is 5.73. The summed E-state index contributed by atoms with van der Waals surface area (Å²) in [5, 5.41) is 18.1. The molecule has 0 aromatic rings. The fourth-order valence-corrected chi connectivity index (χ4v) is 2.05. The molecular formula is C10H16O5. The number of ether oxygens (including phenoxy) is 1. The van der Waals surface area contributed by atoms with E-state index in [0.29, 0.717) is 0 Å². The number of hydrogen-bond acceptors (Lipinski definition) is 4. The van der Waals surface area contributed by atoms with Gasteiger partial charge in [-0.05, 0) is 20.3 Å². The maximum absolute atomic E-state index is 11.1. The van der Waals surface area contributed by atoms with Gasteiger partial charge in [-0.2, -0.15) is 0 Å². The van der Waals surface area contributed by atoms with Gasteiger partial charge in [0.05, 0.1) is 12.5 Å². The Labute approximate surface area is 88.0 Å². The van der Waals surface area contributed by atoms with Gasteiger partial charge in [0.15, 0.2) is 0 Å². The standard InChI is InChI=1S/C10H16O5/c1-6(11)7-5-9(14)15-10(7,2)4-3-8(12)13/h6-7,11H,3-5H2,1-2H3,(H,12,13). The minimum atomic E-state index is -0.927. The molecule has 0 saturated carbocycles. The summed E-state index contributed by atoms with van der Waals surface area (Å²) >= 11 is 0. The number of carbonyl (C=O) groups excluding carboxylic acids is 1. The predicted octanol–water partition coefficient (Wildman–Crippen LogP) is 0.554. The first kappa shape index (κ1) is 12.0. The highest BCUT2D eigenvalue weighted by Crippen LogP contribution is 2.38. The van der Waals surface area contributed by atoms with Crippen LogP contribution in [0.25, 0.3) is 0 Å². The minimum Gasteiger partial charge on any atom is -0.481 e. The minimum absolute atomic E-state index is 0.0625. The number of aliphatic hydroxyl groups is 1. The Bertz CT molecular complexity index is 273. The van der Waals surface area contributed by atoms with Gasteiger partial charge in [0, 0.05) is 12.3 Å². The molecule has 0 radical (unpaired) electrons. The smallest absolute Gasteiger partial charge is 0.306 e. The summed E-state index contributed by atoms with van der Waals surface area (Å²) < 4.78 is 5.11. The molecule has 3 atom stereocenters. The van der Waals surface area contributed by atoms with Crippen molar-refractivity contribution in [2.75, 3.05) is 0 Å². The van der Waals surface area contributed by atoms with Crippen molar-refractivity contribution in [1.29, 1.82) is 0 Å². The lowest BCUT2D eigenvalue weighted by Crippen LogP contribution is -2.38. The highest BCUT2D eigenvalue weighted by atomic mass is 16.6. The van der Waals surface area contributed by atoms with Crippen LogP contribution in [-0.2, 0) is 14.3 Å². The summed E-state index contributed by atoms with van der Waals surface area (Å²) in [6, 6.07) is 0. The molecule has 15 heavy (non-hydrogen) atoms. The number of carboxylic acids is 1. The van der Waals surface area contributed by atoms with Crippen LogP contribution in [0.1, 0.15) is 33.1 Å². The highest BCUT2D eigenvalue weighted by Gasteiger charge is 2.47. The van der Waals surface area contributed by atoms with E-state index < -0.39 is 17.7 Å². The number of cyclic esters (lactones) is 1. The van der Waals surface area contributed by atoms with Crippen LogP contribution in [-0.4, -0.2) is 33.9 Å². The lowest BCUT2D eigenvalue weighted by atomic mass is 9.82. The van der Waals surface area contributed by atoms with Crippen LogP contribution in [0.15, 0.2) is 0 Å². The fourth-order valence-electron chi connectivity index (χ4n) is 2.05. The fraction of sp³-hybridized carbons (Fsp3) is 0.800. The van der Waals surface area contributed by atoms with Crippen LogP contribution in [0.3, 0.4) is 0 Å². The Kier molecular flexibility index (Phi) is 3.34. The topological polar surface area (TPSA) is 83.8 Å². The number of rotatable bonds is 4. The Hall–Kier alpha value is -1.10. The Morgan fingerprint density at radius 3 is 2.80 bits per heavy atom. The monoisotopic (exact) mass is 216 g/mol. The van der Waals surface area contributed by atoms with Crippen LogP contribution in [0.5, 0.6) is 0 Å². The van der Waals surface area contributed by atoms with Crippen molar-refractivity contribution in [3.05, 3.63) is 0 Å². The van der Waals surface area contributed by atoms with Gasteiger partial charge in [0.1, 0.15) is 5.60 Å². The lowest BCUT2D eigenvalue weighted by Gasteiger charge is -2.30. The van der Waals surface area contributed by atoms with Crippen LogP contribution >= 0.6 is 0 Å². The number of esters is 1. The number of aliphatic hydroxyl groups excluding tert-OH is 1. The zero-order valence-corrected chi connectivity index (χ0v) is 8.90. The second-order valence-electron chi connectivity index (χ2n) is 4.23. The molecule has 5 heteroatoms. The van der Waals surface area contributed by atoms with Gasteiger partial charge < -0.3 is 14.9 Å². The van der Waals surface area contributed by atoms with E-state index in [1.807, 2.05) is 0 Å². The molecule has 86 valence electrons. The number of carboxylic acid groups (broad SMARTS) is 1. The second kappa shape index (κ2) is 4.18. The first-order valence-electron chi connectivity index (χ1n) is 4.97. The summed E-state index contributed by atoms with van der Waals surface area (Å²) in [4.78, 5) is 21.6. The van der Waals surface area contributed by atoms with E-state index in [1.54, 1.807) is 13.8 Å². The van der Waals surface area contributed by atoms with Gasteiger partial charge in [-0.15, -0.1) is 0 Å². The molecule has 0 aromatic carbocycles. The summed E-state index contributed by atoms with van der Waals surface area (Å²) in [6.45, 7) is 3.27. The molecule has 1 rings (SSSR count). The quantitative estimate of drug-likeness (QED) is 0.670. The third-order valence-corrected chi connectivity index (χ3v) is 2.94. The van der Waals surface area contributed by atoms with Gasteiger partial charge in [0.2, 0.25) is 0 Å². The van der Waals surface area contributed by atoms with Crippen molar-refractivity contribution in [1.82, 2.24) is 0 Å². The van der Waals surface area contributed by atoms with E-state index in [0.717, 1.165) is 0 Å². The Balaban J connectivity index is 2.70. The van der Waals surface area contributed by atoms with Gasteiger partial charge in [-0.1, -0.05) is 0 Å². The average Bonchev–Trinajstić information content (AvgIpc) is 2.39. The van der Waals surface area contributed by atoms with Gasteiger partial charge in [-0.3, -0.25) is 9.59 Å². The molecule has 0 aromatic heterocycles. The molecule has 0 bridgehead atoms. The molecule has 1 saturated heterocycles. The van der Waals surface area contributed by atoms with Crippen molar-refractivity contribution in [2.24, 2.45) is 5.92 Å². The first-order chi connectivity index (χ1) is 6.85. The molecular weight excluding hydrogens is 200 g/mol. The zero-order valence-electron chi connectivity index (χ0n) is 8.90. The van der Waals surface area contributed by atoms with Crippen molar-refractivity contribution < 1.29 is 24.5 Å². The Morgan fingerprint density at radius 2 is 2.33 bits per heavy atom. The Morgan fingerprint density at radius 1 is 1.73 bits per heavy atom. The maximum atomic E-state index is 11.1. The normalized spacial score (nSPS) is 32.5. The van der Waals surface area contributed by atoms with Crippen molar-refractivity contribution in [2.45, 2.75) is 44.8 Å². The van der Waals surface area contributed by atoms with Gasteiger partial charge in [0.25, 0.3) is 0 Å². The van der Waals surface area contributed by atoms with Gasteiger partial charge >= 0.3 is 11.9 Å².